The number of amides is 2. The largest absolute Gasteiger partial charge is 0.409 e. The first-order valence-electron chi connectivity index (χ1n) is 12.0. The lowest BCUT2D eigenvalue weighted by molar-refractivity contribution is -0.137. The number of carbonyl (C=O) groups excluding carboxylic acids is 2. The van der Waals surface area contributed by atoms with Crippen LogP contribution in [-0.4, -0.2) is 37.6 Å². The Morgan fingerprint density at radius 2 is 1.90 bits per heavy atom. The highest BCUT2D eigenvalue weighted by Gasteiger charge is 2.51. The van der Waals surface area contributed by atoms with Crippen LogP contribution >= 0.6 is 12.2 Å². The molecule has 4 aromatic rings. The molecule has 14 heteroatoms. The standard InChI is InChI=1S/C27H19F4N7O2S/c1-26(2)24(40)37(18-9-19(27(29,30)31)22(32-3)33-13-18)25(41)38(26)17-6-4-15(20(28)10-17)11-34-23(39)14-5-7-21-16(8-14)12-35-36-21/h4-10,12-13H,11H2,1-2H3,(H,34,39)(H,35,36). The Bertz CT molecular complexity index is 1780. The molecule has 1 saturated heterocycles. The average Bonchev–Trinajstić information content (AvgIpc) is 3.46. The van der Waals surface area contributed by atoms with Gasteiger partial charge in [-0.1, -0.05) is 12.6 Å². The fourth-order valence-electron chi connectivity index (χ4n) is 4.50. The second-order valence-corrected chi connectivity index (χ2v) is 9.99. The molecule has 0 atom stereocenters. The summed E-state index contributed by atoms with van der Waals surface area (Å²) in [6.07, 6.45) is -2.35. The maximum absolute atomic E-state index is 15.2. The van der Waals surface area contributed by atoms with Crippen LogP contribution in [0.3, 0.4) is 0 Å². The van der Waals surface area contributed by atoms with E-state index >= 15 is 4.39 Å². The minimum atomic E-state index is -4.89. The second-order valence-electron chi connectivity index (χ2n) is 9.62. The van der Waals surface area contributed by atoms with Crippen molar-refractivity contribution in [1.82, 2.24) is 20.5 Å². The summed E-state index contributed by atoms with van der Waals surface area (Å²) < 4.78 is 55.8. The zero-order valence-corrected chi connectivity index (χ0v) is 22.2. The topological polar surface area (TPSA) is 98.6 Å². The highest BCUT2D eigenvalue weighted by molar-refractivity contribution is 7.81. The number of nitrogens with zero attached hydrogens (tertiary/aromatic N) is 5. The molecule has 208 valence electrons. The minimum absolute atomic E-state index is 0.132. The fourth-order valence-corrected chi connectivity index (χ4v) is 5.02. The lowest BCUT2D eigenvalue weighted by Crippen LogP contribution is -2.44. The first kappa shape index (κ1) is 27.7. The number of aromatic amines is 1. The number of benzene rings is 2. The Labute approximate surface area is 235 Å². The maximum Gasteiger partial charge on any atom is 0.409 e. The van der Waals surface area contributed by atoms with E-state index in [4.69, 9.17) is 18.8 Å². The molecule has 0 radical (unpaired) electrons. The zero-order valence-electron chi connectivity index (χ0n) is 21.4. The number of carbonyl (C=O) groups is 2. The van der Waals surface area contributed by atoms with E-state index in [0.29, 0.717) is 11.6 Å². The van der Waals surface area contributed by atoms with Crippen LogP contribution in [0, 0.1) is 12.4 Å². The molecule has 0 unspecified atom stereocenters. The number of nitrogens with one attached hydrogen (secondary N) is 2. The predicted octanol–water partition coefficient (Wildman–Crippen LogP) is 5.51. The molecule has 41 heavy (non-hydrogen) atoms. The summed E-state index contributed by atoms with van der Waals surface area (Å²) in [5.41, 5.74) is -1.52. The predicted molar refractivity (Wildman–Crippen MR) is 146 cm³/mol. The Hall–Kier alpha value is -4.90. The van der Waals surface area contributed by atoms with Crippen LogP contribution in [0.4, 0.5) is 34.8 Å². The van der Waals surface area contributed by atoms with E-state index in [0.717, 1.165) is 28.1 Å². The lowest BCUT2D eigenvalue weighted by Gasteiger charge is -2.29. The van der Waals surface area contributed by atoms with Gasteiger partial charge in [0.25, 0.3) is 17.6 Å². The molecule has 2 aromatic carbocycles. The molecule has 0 aliphatic carbocycles. The van der Waals surface area contributed by atoms with Gasteiger partial charge in [-0.15, -0.1) is 4.98 Å². The lowest BCUT2D eigenvalue weighted by atomic mass is 10.0. The van der Waals surface area contributed by atoms with Crippen molar-refractivity contribution in [2.75, 3.05) is 9.80 Å². The number of rotatable bonds is 5. The van der Waals surface area contributed by atoms with E-state index < -0.39 is 40.7 Å². The normalized spacial score (nSPS) is 15.0. The van der Waals surface area contributed by atoms with Crippen molar-refractivity contribution < 1.29 is 27.2 Å². The number of halogens is 4. The number of fused-ring (bicyclic) bond motifs is 1. The Morgan fingerprint density at radius 3 is 2.59 bits per heavy atom. The van der Waals surface area contributed by atoms with Gasteiger partial charge in [-0.25, -0.2) is 4.39 Å². The molecule has 0 bridgehead atoms. The molecule has 5 rings (SSSR count). The van der Waals surface area contributed by atoms with E-state index in [9.17, 15) is 22.8 Å². The van der Waals surface area contributed by atoms with Gasteiger partial charge in [0.2, 0.25) is 0 Å². The Kier molecular flexibility index (Phi) is 6.70. The Balaban J connectivity index is 1.38. The quantitative estimate of drug-likeness (QED) is 0.183. The molecule has 0 spiro atoms. The van der Waals surface area contributed by atoms with Crippen molar-refractivity contribution in [3.05, 3.63) is 88.8 Å². The third-order valence-electron chi connectivity index (χ3n) is 6.63. The average molecular weight is 582 g/mol. The molecule has 2 aromatic heterocycles. The smallest absolute Gasteiger partial charge is 0.360 e. The summed E-state index contributed by atoms with van der Waals surface area (Å²) in [6.45, 7) is 9.83. The summed E-state index contributed by atoms with van der Waals surface area (Å²) in [4.78, 5) is 34.5. The zero-order chi connectivity index (χ0) is 29.7. The number of hydrogen-bond donors (Lipinski definition) is 2. The van der Waals surface area contributed by atoms with Crippen molar-refractivity contribution in [3.63, 3.8) is 0 Å². The molecule has 2 N–H and O–H groups in total. The number of anilines is 2. The van der Waals surface area contributed by atoms with Gasteiger partial charge in [-0.05, 0) is 62.5 Å². The van der Waals surface area contributed by atoms with Gasteiger partial charge < -0.3 is 15.1 Å². The maximum atomic E-state index is 15.2. The highest BCUT2D eigenvalue weighted by atomic mass is 32.1. The minimum Gasteiger partial charge on any atom is -0.360 e. The molecule has 3 heterocycles. The van der Waals surface area contributed by atoms with Crippen molar-refractivity contribution in [1.29, 1.82) is 0 Å². The van der Waals surface area contributed by atoms with E-state index in [1.165, 1.54) is 30.9 Å². The van der Waals surface area contributed by atoms with Crippen LogP contribution in [0.5, 0.6) is 0 Å². The number of H-pyrrole nitrogens is 1. The third kappa shape index (κ3) is 4.84. The summed E-state index contributed by atoms with van der Waals surface area (Å²) in [6, 6.07) is 9.65. The first-order valence-corrected chi connectivity index (χ1v) is 12.4. The number of thiocarbonyl (C=S) groups is 1. The van der Waals surface area contributed by atoms with Crippen LogP contribution in [-0.2, 0) is 17.5 Å². The molecule has 1 aliphatic heterocycles. The summed E-state index contributed by atoms with van der Waals surface area (Å²) >= 11 is 5.47. The monoisotopic (exact) mass is 581 g/mol. The fraction of sp³-hybridized carbons (Fsp3) is 0.185. The van der Waals surface area contributed by atoms with Gasteiger partial charge in [-0.2, -0.15) is 18.3 Å². The van der Waals surface area contributed by atoms with E-state index in [1.54, 1.807) is 24.4 Å². The summed E-state index contributed by atoms with van der Waals surface area (Å²) in [7, 11) is 0. The van der Waals surface area contributed by atoms with E-state index in [1.807, 2.05) is 0 Å². The van der Waals surface area contributed by atoms with Crippen LogP contribution in [0.1, 0.15) is 35.3 Å². The molecule has 1 fully saturated rings. The van der Waals surface area contributed by atoms with Crippen LogP contribution < -0.4 is 15.1 Å². The third-order valence-corrected chi connectivity index (χ3v) is 6.99. The van der Waals surface area contributed by atoms with E-state index in [2.05, 4.69) is 25.3 Å². The van der Waals surface area contributed by atoms with Gasteiger partial charge in [-0.3, -0.25) is 19.6 Å². The summed E-state index contributed by atoms with van der Waals surface area (Å²) in [5.74, 6) is -2.64. The van der Waals surface area contributed by atoms with Gasteiger partial charge in [0.1, 0.15) is 17.6 Å². The van der Waals surface area contributed by atoms with Crippen LogP contribution in [0.25, 0.3) is 15.7 Å². The van der Waals surface area contributed by atoms with Gasteiger partial charge in [0.05, 0.1) is 23.0 Å². The molecule has 0 saturated carbocycles. The number of pyridine rings is 1. The number of alkyl halides is 3. The van der Waals surface area contributed by atoms with Gasteiger partial charge >= 0.3 is 6.18 Å². The van der Waals surface area contributed by atoms with Gasteiger partial charge in [0.15, 0.2) is 5.11 Å². The van der Waals surface area contributed by atoms with E-state index in [-0.39, 0.29) is 28.6 Å². The van der Waals surface area contributed by atoms with Gasteiger partial charge in [0, 0.05) is 28.7 Å². The molecule has 9 nitrogen and oxygen atoms in total. The molecular weight excluding hydrogens is 562 g/mol. The first-order chi connectivity index (χ1) is 19.3. The van der Waals surface area contributed by atoms with Crippen molar-refractivity contribution >= 4 is 57.2 Å². The van der Waals surface area contributed by atoms with Crippen LogP contribution in [0.2, 0.25) is 0 Å². The molecule has 1 aliphatic rings. The SMILES string of the molecule is [C-]#[N+]c1ncc(N2C(=O)C(C)(C)N(c3ccc(CNC(=O)c4ccc5[nH]ncc5c4)c(F)c3)C2=S)cc1C(F)(F)F. The van der Waals surface area contributed by atoms with Crippen LogP contribution in [0.15, 0.2) is 54.9 Å². The van der Waals surface area contributed by atoms with Crippen molar-refractivity contribution in [3.8, 4) is 0 Å². The Morgan fingerprint density at radius 1 is 1.15 bits per heavy atom. The van der Waals surface area contributed by atoms with Crippen molar-refractivity contribution in [2.24, 2.45) is 0 Å². The van der Waals surface area contributed by atoms with Crippen molar-refractivity contribution in [2.45, 2.75) is 32.1 Å². The molecular formula is C27H19F4N7O2S. The second kappa shape index (κ2) is 9.93. The summed E-state index contributed by atoms with van der Waals surface area (Å²) in [5, 5.41) is 9.91. The molecule has 2 amide bonds. The highest BCUT2D eigenvalue weighted by Crippen LogP contribution is 2.41. The number of hydrogen-bond acceptors (Lipinski definition) is 5. The number of aromatic nitrogens is 3.